The van der Waals surface area contributed by atoms with Gasteiger partial charge in [-0.1, -0.05) is 13.8 Å². The van der Waals surface area contributed by atoms with E-state index in [4.69, 9.17) is 0 Å². The maximum atomic E-state index is 4.53. The van der Waals surface area contributed by atoms with Crippen molar-refractivity contribution in [1.82, 2.24) is 19.3 Å². The van der Waals surface area contributed by atoms with Crippen LogP contribution in [0, 0.1) is 12.8 Å². The van der Waals surface area contributed by atoms with Gasteiger partial charge >= 0.3 is 0 Å². The molecule has 0 saturated heterocycles. The summed E-state index contributed by atoms with van der Waals surface area (Å²) in [7, 11) is 0. The molecule has 5 nitrogen and oxygen atoms in total. The Labute approximate surface area is 114 Å². The van der Waals surface area contributed by atoms with E-state index in [1.54, 1.807) is 0 Å². The second-order valence-corrected chi connectivity index (χ2v) is 5.62. The summed E-state index contributed by atoms with van der Waals surface area (Å²) in [5, 5.41) is 7.76. The van der Waals surface area contributed by atoms with Crippen molar-refractivity contribution in [3.8, 4) is 5.69 Å². The first kappa shape index (κ1) is 13.6. The molecular formula is C14H23N5. The molecule has 0 aliphatic rings. The normalized spacial score (nSPS) is 11.5. The van der Waals surface area contributed by atoms with E-state index in [2.05, 4.69) is 47.7 Å². The molecule has 0 bridgehead atoms. The lowest BCUT2D eigenvalue weighted by Gasteiger charge is -2.10. The number of aryl methyl sites for hydroxylation is 1. The van der Waals surface area contributed by atoms with Crippen LogP contribution in [0.4, 0.5) is 5.95 Å². The maximum absolute atomic E-state index is 4.53. The Bertz CT molecular complexity index is 536. The highest BCUT2D eigenvalue weighted by Crippen LogP contribution is 2.17. The SMILES string of the molecule is Cc1cn(-c2cnn(C(C)C)c2)c(NCC(C)C)n1. The van der Waals surface area contributed by atoms with Gasteiger partial charge in [-0.25, -0.2) is 4.98 Å². The Morgan fingerprint density at radius 2 is 1.95 bits per heavy atom. The van der Waals surface area contributed by atoms with Crippen molar-refractivity contribution in [3.63, 3.8) is 0 Å². The third-order valence-electron chi connectivity index (χ3n) is 2.89. The van der Waals surface area contributed by atoms with Gasteiger partial charge in [0.05, 0.1) is 17.6 Å². The van der Waals surface area contributed by atoms with Gasteiger partial charge in [-0.2, -0.15) is 5.10 Å². The van der Waals surface area contributed by atoms with Gasteiger partial charge in [-0.05, 0) is 26.7 Å². The summed E-state index contributed by atoms with van der Waals surface area (Å²) < 4.78 is 4.01. The van der Waals surface area contributed by atoms with Crippen LogP contribution in [0.25, 0.3) is 5.69 Å². The third-order valence-corrected chi connectivity index (χ3v) is 2.89. The molecule has 0 aliphatic heterocycles. The van der Waals surface area contributed by atoms with Crippen LogP contribution in [0.15, 0.2) is 18.6 Å². The first-order valence-electron chi connectivity index (χ1n) is 6.81. The molecule has 0 unspecified atom stereocenters. The molecule has 0 aliphatic carbocycles. The minimum Gasteiger partial charge on any atom is -0.355 e. The molecule has 0 aromatic carbocycles. The smallest absolute Gasteiger partial charge is 0.207 e. The van der Waals surface area contributed by atoms with Crippen LogP contribution in [0.2, 0.25) is 0 Å². The van der Waals surface area contributed by atoms with E-state index in [0.29, 0.717) is 12.0 Å². The van der Waals surface area contributed by atoms with Gasteiger partial charge in [0.1, 0.15) is 0 Å². The number of nitrogens with zero attached hydrogens (tertiary/aromatic N) is 4. The number of hydrogen-bond acceptors (Lipinski definition) is 3. The first-order valence-corrected chi connectivity index (χ1v) is 6.81. The molecule has 2 rings (SSSR count). The predicted molar refractivity (Wildman–Crippen MR) is 77.8 cm³/mol. The monoisotopic (exact) mass is 261 g/mol. The summed E-state index contributed by atoms with van der Waals surface area (Å²) in [4.78, 5) is 4.53. The molecule has 104 valence electrons. The van der Waals surface area contributed by atoms with E-state index in [1.807, 2.05) is 30.2 Å². The average molecular weight is 261 g/mol. The van der Waals surface area contributed by atoms with Crippen LogP contribution in [0.1, 0.15) is 39.4 Å². The topological polar surface area (TPSA) is 47.7 Å². The second-order valence-electron chi connectivity index (χ2n) is 5.62. The van der Waals surface area contributed by atoms with Crippen LogP contribution < -0.4 is 5.32 Å². The van der Waals surface area contributed by atoms with E-state index in [-0.39, 0.29) is 0 Å². The lowest BCUT2D eigenvalue weighted by molar-refractivity contribution is 0.532. The van der Waals surface area contributed by atoms with Crippen molar-refractivity contribution in [2.75, 3.05) is 11.9 Å². The Morgan fingerprint density at radius 1 is 1.21 bits per heavy atom. The molecule has 2 heterocycles. The highest BCUT2D eigenvalue weighted by atomic mass is 15.3. The molecule has 5 heteroatoms. The van der Waals surface area contributed by atoms with E-state index in [9.17, 15) is 0 Å². The second kappa shape index (κ2) is 5.47. The van der Waals surface area contributed by atoms with Gasteiger partial charge < -0.3 is 5.32 Å². The Kier molecular flexibility index (Phi) is 3.93. The molecule has 2 aromatic rings. The minimum absolute atomic E-state index is 0.366. The quantitative estimate of drug-likeness (QED) is 0.900. The molecule has 0 amide bonds. The lowest BCUT2D eigenvalue weighted by atomic mass is 10.2. The Balaban J connectivity index is 2.27. The number of anilines is 1. The molecule has 0 saturated carbocycles. The number of hydrogen-bond donors (Lipinski definition) is 1. The van der Waals surface area contributed by atoms with Gasteiger partial charge in [-0.15, -0.1) is 0 Å². The summed E-state index contributed by atoms with van der Waals surface area (Å²) in [5.41, 5.74) is 2.05. The van der Waals surface area contributed by atoms with Gasteiger partial charge in [0.2, 0.25) is 5.95 Å². The summed E-state index contributed by atoms with van der Waals surface area (Å²) >= 11 is 0. The highest BCUT2D eigenvalue weighted by Gasteiger charge is 2.10. The Morgan fingerprint density at radius 3 is 2.53 bits per heavy atom. The van der Waals surface area contributed by atoms with Gasteiger partial charge in [0.15, 0.2) is 0 Å². The van der Waals surface area contributed by atoms with Crippen molar-refractivity contribution in [3.05, 3.63) is 24.3 Å². The molecule has 2 aromatic heterocycles. The highest BCUT2D eigenvalue weighted by molar-refractivity contribution is 5.40. The summed E-state index contributed by atoms with van der Waals surface area (Å²) in [6.07, 6.45) is 5.96. The fourth-order valence-electron chi connectivity index (χ4n) is 1.85. The average Bonchev–Trinajstić information content (AvgIpc) is 2.92. The summed E-state index contributed by atoms with van der Waals surface area (Å²) in [6.45, 7) is 11.5. The van der Waals surface area contributed by atoms with E-state index >= 15 is 0 Å². The molecule has 19 heavy (non-hydrogen) atoms. The van der Waals surface area contributed by atoms with Crippen molar-refractivity contribution < 1.29 is 0 Å². The largest absolute Gasteiger partial charge is 0.355 e. The van der Waals surface area contributed by atoms with E-state index in [1.165, 1.54) is 0 Å². The lowest BCUT2D eigenvalue weighted by Crippen LogP contribution is -2.11. The number of nitrogens with one attached hydrogen (secondary N) is 1. The minimum atomic E-state index is 0.366. The standard InChI is InChI=1S/C14H23N5/c1-10(2)6-15-14-17-12(5)8-18(14)13-7-16-19(9-13)11(3)4/h7-11H,6H2,1-5H3,(H,15,17). The first-order chi connectivity index (χ1) is 8.97. The van der Waals surface area contributed by atoms with Crippen molar-refractivity contribution >= 4 is 5.95 Å². The van der Waals surface area contributed by atoms with Crippen LogP contribution in [0.5, 0.6) is 0 Å². The summed E-state index contributed by atoms with van der Waals surface area (Å²) in [5.74, 6) is 1.47. The molecule has 0 spiro atoms. The third kappa shape index (κ3) is 3.16. The van der Waals surface area contributed by atoms with Gasteiger partial charge in [-0.3, -0.25) is 9.25 Å². The molecular weight excluding hydrogens is 238 g/mol. The predicted octanol–water partition coefficient (Wildman–Crippen LogP) is 3.03. The molecule has 0 atom stereocenters. The van der Waals surface area contributed by atoms with Gasteiger partial charge in [0, 0.05) is 25.0 Å². The maximum Gasteiger partial charge on any atom is 0.207 e. The molecule has 0 radical (unpaired) electrons. The van der Waals surface area contributed by atoms with Crippen molar-refractivity contribution in [2.24, 2.45) is 5.92 Å². The van der Waals surface area contributed by atoms with Crippen molar-refractivity contribution in [2.45, 2.75) is 40.7 Å². The number of imidazole rings is 1. The fourth-order valence-corrected chi connectivity index (χ4v) is 1.85. The summed E-state index contributed by atoms with van der Waals surface area (Å²) in [6, 6.07) is 0.366. The van der Waals surface area contributed by atoms with E-state index in [0.717, 1.165) is 23.9 Å². The van der Waals surface area contributed by atoms with Crippen molar-refractivity contribution in [1.29, 1.82) is 0 Å². The van der Waals surface area contributed by atoms with Gasteiger partial charge in [0.25, 0.3) is 0 Å². The van der Waals surface area contributed by atoms with Crippen LogP contribution in [0.3, 0.4) is 0 Å². The molecule has 0 fully saturated rings. The zero-order chi connectivity index (χ0) is 14.0. The Hall–Kier alpha value is -1.78. The fraction of sp³-hybridized carbons (Fsp3) is 0.571. The van der Waals surface area contributed by atoms with Crippen LogP contribution in [-0.2, 0) is 0 Å². The zero-order valence-electron chi connectivity index (χ0n) is 12.4. The van der Waals surface area contributed by atoms with Crippen LogP contribution >= 0.6 is 0 Å². The molecule has 1 N–H and O–H groups in total. The van der Waals surface area contributed by atoms with E-state index < -0.39 is 0 Å². The number of aromatic nitrogens is 4. The van der Waals surface area contributed by atoms with Crippen LogP contribution in [-0.4, -0.2) is 25.9 Å². The number of rotatable bonds is 5. The zero-order valence-corrected chi connectivity index (χ0v) is 12.4.